The molecule has 1 fully saturated rings. The molecule has 1 aromatic carbocycles. The predicted octanol–water partition coefficient (Wildman–Crippen LogP) is 3.31. The summed E-state index contributed by atoms with van der Waals surface area (Å²) in [6, 6.07) is 8.48. The third-order valence-electron chi connectivity index (χ3n) is 5.68. The maximum atomic E-state index is 12.8. The molecule has 5 rings (SSSR count). The Morgan fingerprint density at radius 1 is 1.21 bits per heavy atom. The van der Waals surface area contributed by atoms with Crippen LogP contribution in [0.3, 0.4) is 0 Å². The van der Waals surface area contributed by atoms with Crippen LogP contribution in [0.15, 0.2) is 39.7 Å². The maximum Gasteiger partial charge on any atom is 0.414 e. The van der Waals surface area contributed by atoms with Crippen molar-refractivity contribution in [3.05, 3.63) is 40.2 Å². The first-order chi connectivity index (χ1) is 15.8. The molecule has 1 aromatic heterocycles. The summed E-state index contributed by atoms with van der Waals surface area (Å²) in [4.78, 5) is 17.8. The smallest absolute Gasteiger partial charge is 0.414 e. The van der Waals surface area contributed by atoms with Crippen molar-refractivity contribution < 1.29 is 32.3 Å². The van der Waals surface area contributed by atoms with E-state index in [-0.39, 0.29) is 36.5 Å². The topological polar surface area (TPSA) is 116 Å². The number of fused-ring (bicyclic) bond motifs is 1. The molecule has 1 saturated heterocycles. The number of ether oxygens (including phenoxy) is 3. The molecule has 33 heavy (non-hydrogen) atoms. The van der Waals surface area contributed by atoms with Crippen LogP contribution in [0.2, 0.25) is 4.34 Å². The highest BCUT2D eigenvalue weighted by molar-refractivity contribution is 7.91. The van der Waals surface area contributed by atoms with Crippen LogP contribution in [0.25, 0.3) is 0 Å². The Hall–Kier alpha value is -2.54. The minimum Gasteiger partial charge on any atom is -0.454 e. The highest BCUT2D eigenvalue weighted by atomic mass is 35.5. The van der Waals surface area contributed by atoms with Crippen LogP contribution in [-0.4, -0.2) is 50.2 Å². The van der Waals surface area contributed by atoms with E-state index in [2.05, 4.69) is 10.5 Å². The molecule has 13 heteroatoms. The minimum atomic E-state index is -3.60. The Kier molecular flexibility index (Phi) is 5.85. The summed E-state index contributed by atoms with van der Waals surface area (Å²) in [7, 11) is -3.60. The van der Waals surface area contributed by atoms with Crippen molar-refractivity contribution in [2.24, 2.45) is 5.16 Å². The number of alkyl carbamates (subject to hydrolysis) is 1. The molecule has 0 bridgehead atoms. The first kappa shape index (κ1) is 22.3. The summed E-state index contributed by atoms with van der Waals surface area (Å²) in [5.41, 5.74) is 0.157. The number of benzene rings is 1. The SMILES string of the molecule is O=C(NCc1ccc2c(c1)OCO2)OC1=NOC2(CCN(S(=O)(=O)c3ccc(Cl)s3)CC2)C1. The van der Waals surface area contributed by atoms with Gasteiger partial charge in [0, 0.05) is 32.5 Å². The van der Waals surface area contributed by atoms with E-state index < -0.39 is 21.7 Å². The molecule has 3 aliphatic rings. The second-order valence-electron chi connectivity index (χ2n) is 7.83. The molecule has 3 aliphatic heterocycles. The Morgan fingerprint density at radius 2 is 2.00 bits per heavy atom. The molecule has 0 radical (unpaired) electrons. The van der Waals surface area contributed by atoms with Gasteiger partial charge in [-0.2, -0.15) is 4.31 Å². The third-order valence-corrected chi connectivity index (χ3v) is 9.27. The molecular formula is C20H20ClN3O7S2. The van der Waals surface area contributed by atoms with Crippen molar-refractivity contribution in [1.29, 1.82) is 0 Å². The molecule has 0 atom stereocenters. The Bertz CT molecular complexity index is 1210. The summed E-state index contributed by atoms with van der Waals surface area (Å²) in [6.07, 6.45) is 0.506. The van der Waals surface area contributed by atoms with Crippen molar-refractivity contribution in [2.75, 3.05) is 19.9 Å². The molecule has 4 heterocycles. The average Bonchev–Trinajstić information content (AvgIpc) is 3.53. The van der Waals surface area contributed by atoms with Gasteiger partial charge in [0.15, 0.2) is 11.5 Å². The van der Waals surface area contributed by atoms with Gasteiger partial charge in [0.1, 0.15) is 9.81 Å². The number of hydrogen-bond donors (Lipinski definition) is 1. The summed E-state index contributed by atoms with van der Waals surface area (Å²) >= 11 is 6.92. The van der Waals surface area contributed by atoms with Gasteiger partial charge in [0.2, 0.25) is 12.7 Å². The van der Waals surface area contributed by atoms with E-state index in [1.54, 1.807) is 18.2 Å². The number of halogens is 1. The van der Waals surface area contributed by atoms with Crippen LogP contribution >= 0.6 is 22.9 Å². The molecule has 0 saturated carbocycles. The lowest BCUT2D eigenvalue weighted by molar-refractivity contribution is -0.0506. The van der Waals surface area contributed by atoms with Crippen molar-refractivity contribution in [2.45, 2.75) is 35.6 Å². The molecule has 1 amide bonds. The fourth-order valence-electron chi connectivity index (χ4n) is 3.88. The molecule has 10 nitrogen and oxygen atoms in total. The zero-order valence-corrected chi connectivity index (χ0v) is 19.7. The Morgan fingerprint density at radius 3 is 2.76 bits per heavy atom. The van der Waals surface area contributed by atoms with E-state index >= 15 is 0 Å². The van der Waals surface area contributed by atoms with Crippen LogP contribution in [0.1, 0.15) is 24.8 Å². The van der Waals surface area contributed by atoms with Crippen LogP contribution in [-0.2, 0) is 26.1 Å². The van der Waals surface area contributed by atoms with Gasteiger partial charge in [0.05, 0.1) is 10.8 Å². The van der Waals surface area contributed by atoms with Gasteiger partial charge in [-0.3, -0.25) is 0 Å². The number of oxime groups is 1. The van der Waals surface area contributed by atoms with Gasteiger partial charge in [-0.05, 0) is 29.8 Å². The van der Waals surface area contributed by atoms with E-state index in [1.165, 1.54) is 10.4 Å². The number of carbonyl (C=O) groups is 1. The van der Waals surface area contributed by atoms with Crippen molar-refractivity contribution >= 4 is 45.0 Å². The highest BCUT2D eigenvalue weighted by Crippen LogP contribution is 2.38. The number of thiophene rings is 1. The number of hydrogen-bond acceptors (Lipinski definition) is 9. The van der Waals surface area contributed by atoms with Crippen molar-refractivity contribution in [3.8, 4) is 11.5 Å². The number of carbonyl (C=O) groups excluding carboxylic acids is 1. The van der Waals surface area contributed by atoms with Crippen LogP contribution in [0, 0.1) is 0 Å². The standard InChI is InChI=1S/C20H20ClN3O7S2/c21-16-3-4-18(32-16)33(26,27)24-7-5-20(6-8-24)10-17(23-31-20)30-19(25)22-11-13-1-2-14-15(9-13)29-12-28-14/h1-4,9H,5-8,10-12H2,(H,22,25). The quantitative estimate of drug-likeness (QED) is 0.666. The highest BCUT2D eigenvalue weighted by Gasteiger charge is 2.45. The van der Waals surface area contributed by atoms with Crippen molar-refractivity contribution in [3.63, 3.8) is 0 Å². The number of sulfonamides is 1. The average molecular weight is 514 g/mol. The zero-order chi connectivity index (χ0) is 23.1. The number of nitrogens with one attached hydrogen (secondary N) is 1. The fraction of sp³-hybridized carbons (Fsp3) is 0.400. The lowest BCUT2D eigenvalue weighted by Gasteiger charge is -2.35. The number of rotatable bonds is 4. The van der Waals surface area contributed by atoms with Gasteiger partial charge in [-0.25, -0.2) is 13.2 Å². The Balaban J connectivity index is 1.11. The van der Waals surface area contributed by atoms with E-state index in [0.29, 0.717) is 35.1 Å². The van der Waals surface area contributed by atoms with Gasteiger partial charge < -0.3 is 24.4 Å². The third kappa shape index (κ3) is 4.60. The first-order valence-corrected chi connectivity index (χ1v) is 12.8. The molecule has 0 unspecified atom stereocenters. The van der Waals surface area contributed by atoms with E-state index in [1.807, 2.05) is 6.07 Å². The molecule has 1 spiro atoms. The van der Waals surface area contributed by atoms with E-state index in [4.69, 9.17) is 30.6 Å². The number of piperidine rings is 1. The van der Waals surface area contributed by atoms with Crippen LogP contribution in [0.4, 0.5) is 4.79 Å². The maximum absolute atomic E-state index is 12.8. The largest absolute Gasteiger partial charge is 0.454 e. The fourth-order valence-corrected chi connectivity index (χ4v) is 6.96. The number of amides is 1. The van der Waals surface area contributed by atoms with E-state index in [9.17, 15) is 13.2 Å². The van der Waals surface area contributed by atoms with Gasteiger partial charge in [-0.15, -0.1) is 11.3 Å². The molecule has 2 aromatic rings. The summed E-state index contributed by atoms with van der Waals surface area (Å²) < 4.78 is 43.5. The normalized spacial score (nSPS) is 19.2. The summed E-state index contributed by atoms with van der Waals surface area (Å²) in [5.74, 6) is 1.47. The first-order valence-electron chi connectivity index (χ1n) is 10.2. The van der Waals surface area contributed by atoms with Gasteiger partial charge in [-0.1, -0.05) is 22.8 Å². The second kappa shape index (κ2) is 8.67. The van der Waals surface area contributed by atoms with E-state index in [0.717, 1.165) is 16.9 Å². The van der Waals surface area contributed by atoms with Crippen LogP contribution < -0.4 is 14.8 Å². The minimum absolute atomic E-state index is 0.166. The predicted molar refractivity (Wildman–Crippen MR) is 119 cm³/mol. The summed E-state index contributed by atoms with van der Waals surface area (Å²) in [6.45, 7) is 0.976. The molecular weight excluding hydrogens is 494 g/mol. The number of nitrogens with zero attached hydrogens (tertiary/aromatic N) is 2. The molecule has 176 valence electrons. The van der Waals surface area contributed by atoms with Gasteiger partial charge >= 0.3 is 6.09 Å². The van der Waals surface area contributed by atoms with Crippen molar-refractivity contribution in [1.82, 2.24) is 9.62 Å². The lowest BCUT2D eigenvalue weighted by Crippen LogP contribution is -2.46. The lowest BCUT2D eigenvalue weighted by atomic mass is 9.89. The molecule has 1 N–H and O–H groups in total. The monoisotopic (exact) mass is 513 g/mol. The van der Waals surface area contributed by atoms with Gasteiger partial charge in [0.25, 0.3) is 10.0 Å². The van der Waals surface area contributed by atoms with Crippen LogP contribution in [0.5, 0.6) is 11.5 Å². The Labute approximate surface area is 199 Å². The second-order valence-corrected chi connectivity index (χ2v) is 11.7. The summed E-state index contributed by atoms with van der Waals surface area (Å²) in [5, 5.41) is 6.58. The molecule has 0 aliphatic carbocycles. The zero-order valence-electron chi connectivity index (χ0n) is 17.3.